The van der Waals surface area contributed by atoms with E-state index < -0.39 is 32.5 Å². The number of amides is 1. The zero-order chi connectivity index (χ0) is 25.1. The third-order valence-electron chi connectivity index (χ3n) is 4.62. The van der Waals surface area contributed by atoms with E-state index in [4.69, 9.17) is 23.2 Å². The number of rotatable bonds is 8. The molecule has 180 valence electrons. The molecule has 3 aromatic carbocycles. The number of sulfonamides is 2. The molecular weight excluding hydrogens is 521 g/mol. The highest BCUT2D eigenvalue weighted by molar-refractivity contribution is 7.92. The van der Waals surface area contributed by atoms with Crippen LogP contribution in [0, 0.1) is 6.92 Å². The standard InChI is InChI=1S/C22H21Cl2N3O5S2/c1-15-3-6-18(7-4-15)26-34(31,32)19-10-8-17(9-11-19)25-22(28)14-27(33(2,29)30)21-12-5-16(23)13-20(21)24/h3-13,26H,14H2,1-2H3,(H,25,28). The van der Waals surface area contributed by atoms with Gasteiger partial charge in [0.25, 0.3) is 10.0 Å². The van der Waals surface area contributed by atoms with E-state index in [0.717, 1.165) is 16.1 Å². The van der Waals surface area contributed by atoms with E-state index in [0.29, 0.717) is 10.7 Å². The van der Waals surface area contributed by atoms with Gasteiger partial charge in [-0.2, -0.15) is 0 Å². The first-order valence-corrected chi connectivity index (χ1v) is 13.9. The second-order valence-corrected chi connectivity index (χ2v) is 11.8. The topological polar surface area (TPSA) is 113 Å². The van der Waals surface area contributed by atoms with E-state index in [2.05, 4.69) is 10.0 Å². The van der Waals surface area contributed by atoms with Crippen LogP contribution in [0.4, 0.5) is 17.1 Å². The lowest BCUT2D eigenvalue weighted by Gasteiger charge is -2.23. The van der Waals surface area contributed by atoms with Crippen LogP contribution in [0.1, 0.15) is 5.56 Å². The zero-order valence-electron chi connectivity index (χ0n) is 18.1. The van der Waals surface area contributed by atoms with Gasteiger partial charge >= 0.3 is 0 Å². The summed E-state index contributed by atoms with van der Waals surface area (Å²) in [7, 11) is -7.67. The fourth-order valence-corrected chi connectivity index (χ4v) is 5.44. The van der Waals surface area contributed by atoms with E-state index in [1.807, 2.05) is 6.92 Å². The Kier molecular flexibility index (Phi) is 7.77. The first-order chi connectivity index (χ1) is 15.8. The SMILES string of the molecule is Cc1ccc(NS(=O)(=O)c2ccc(NC(=O)CN(c3ccc(Cl)cc3Cl)S(C)(=O)=O)cc2)cc1. The van der Waals surface area contributed by atoms with Gasteiger partial charge in [0, 0.05) is 16.4 Å². The monoisotopic (exact) mass is 541 g/mol. The van der Waals surface area contributed by atoms with Gasteiger partial charge in [0.2, 0.25) is 15.9 Å². The maximum absolute atomic E-state index is 12.6. The highest BCUT2D eigenvalue weighted by Crippen LogP contribution is 2.30. The Morgan fingerprint density at radius 1 is 0.882 bits per heavy atom. The van der Waals surface area contributed by atoms with Crippen LogP contribution in [0.2, 0.25) is 10.0 Å². The van der Waals surface area contributed by atoms with E-state index >= 15 is 0 Å². The Hall–Kier alpha value is -2.79. The molecular formula is C22H21Cl2N3O5S2. The minimum Gasteiger partial charge on any atom is -0.325 e. The van der Waals surface area contributed by atoms with Gasteiger partial charge in [-0.3, -0.25) is 13.8 Å². The van der Waals surface area contributed by atoms with E-state index in [-0.39, 0.29) is 21.3 Å². The third-order valence-corrected chi connectivity index (χ3v) is 7.68. The molecule has 0 aliphatic carbocycles. The number of aryl methyl sites for hydroxylation is 1. The van der Waals surface area contributed by atoms with Gasteiger partial charge in [-0.1, -0.05) is 40.9 Å². The fraction of sp³-hybridized carbons (Fsp3) is 0.136. The van der Waals surface area contributed by atoms with Crippen molar-refractivity contribution < 1.29 is 21.6 Å². The summed E-state index contributed by atoms with van der Waals surface area (Å²) in [5.41, 5.74) is 1.81. The molecule has 0 saturated carbocycles. The largest absolute Gasteiger partial charge is 0.325 e. The normalized spacial score (nSPS) is 11.6. The van der Waals surface area contributed by atoms with Crippen LogP contribution < -0.4 is 14.3 Å². The van der Waals surface area contributed by atoms with Gasteiger partial charge in [0.1, 0.15) is 6.54 Å². The number of halogens is 2. The lowest BCUT2D eigenvalue weighted by molar-refractivity contribution is -0.114. The Morgan fingerprint density at radius 2 is 1.47 bits per heavy atom. The number of nitrogens with zero attached hydrogens (tertiary/aromatic N) is 1. The van der Waals surface area contributed by atoms with Crippen molar-refractivity contribution in [2.75, 3.05) is 27.1 Å². The number of nitrogens with one attached hydrogen (secondary N) is 2. The molecule has 0 radical (unpaired) electrons. The van der Waals surface area contributed by atoms with Crippen LogP contribution in [0.15, 0.2) is 71.6 Å². The molecule has 0 spiro atoms. The summed E-state index contributed by atoms with van der Waals surface area (Å²) < 4.78 is 53.0. The van der Waals surface area contributed by atoms with Crippen molar-refractivity contribution in [3.8, 4) is 0 Å². The molecule has 34 heavy (non-hydrogen) atoms. The Morgan fingerprint density at radius 3 is 2.03 bits per heavy atom. The van der Waals surface area contributed by atoms with Crippen molar-refractivity contribution in [1.29, 1.82) is 0 Å². The van der Waals surface area contributed by atoms with Crippen molar-refractivity contribution in [2.24, 2.45) is 0 Å². The van der Waals surface area contributed by atoms with Crippen LogP contribution in [0.5, 0.6) is 0 Å². The average molecular weight is 542 g/mol. The molecule has 3 aromatic rings. The molecule has 0 atom stereocenters. The van der Waals surface area contributed by atoms with Crippen molar-refractivity contribution in [3.63, 3.8) is 0 Å². The molecule has 3 rings (SSSR count). The minimum atomic E-state index is -3.84. The summed E-state index contributed by atoms with van der Waals surface area (Å²) >= 11 is 12.0. The Bertz CT molecular complexity index is 1410. The molecule has 0 aliphatic heterocycles. The van der Waals surface area contributed by atoms with Crippen molar-refractivity contribution >= 4 is 66.2 Å². The first-order valence-electron chi connectivity index (χ1n) is 9.77. The van der Waals surface area contributed by atoms with Crippen LogP contribution >= 0.6 is 23.2 Å². The van der Waals surface area contributed by atoms with Gasteiger partial charge in [0.15, 0.2) is 0 Å². The van der Waals surface area contributed by atoms with E-state index in [1.165, 1.54) is 42.5 Å². The fourth-order valence-electron chi connectivity index (χ4n) is 2.95. The molecule has 1 amide bonds. The van der Waals surface area contributed by atoms with Gasteiger partial charge in [-0.15, -0.1) is 0 Å². The summed E-state index contributed by atoms with van der Waals surface area (Å²) in [5.74, 6) is -0.648. The van der Waals surface area contributed by atoms with Crippen LogP contribution in [-0.4, -0.2) is 35.5 Å². The van der Waals surface area contributed by atoms with Gasteiger partial charge < -0.3 is 5.32 Å². The highest BCUT2D eigenvalue weighted by Gasteiger charge is 2.23. The van der Waals surface area contributed by atoms with Crippen molar-refractivity contribution in [2.45, 2.75) is 11.8 Å². The molecule has 2 N–H and O–H groups in total. The predicted octanol–water partition coefficient (Wildman–Crippen LogP) is 4.51. The predicted molar refractivity (Wildman–Crippen MR) is 136 cm³/mol. The van der Waals surface area contributed by atoms with Crippen LogP contribution in [0.3, 0.4) is 0 Å². The smallest absolute Gasteiger partial charge is 0.261 e. The molecule has 12 heteroatoms. The third kappa shape index (κ3) is 6.63. The maximum atomic E-state index is 12.6. The molecule has 0 aliphatic rings. The summed E-state index contributed by atoms with van der Waals surface area (Å²) in [4.78, 5) is 12.6. The molecule has 0 aromatic heterocycles. The second kappa shape index (κ2) is 10.2. The number of carbonyl (C=O) groups is 1. The highest BCUT2D eigenvalue weighted by atomic mass is 35.5. The summed E-state index contributed by atoms with van der Waals surface area (Å²) in [6.07, 6.45) is 0.950. The maximum Gasteiger partial charge on any atom is 0.261 e. The number of benzene rings is 3. The first kappa shape index (κ1) is 25.8. The minimum absolute atomic E-state index is 0.00298. The molecule has 0 saturated heterocycles. The number of hydrogen-bond acceptors (Lipinski definition) is 5. The van der Waals surface area contributed by atoms with E-state index in [1.54, 1.807) is 24.3 Å². The lowest BCUT2D eigenvalue weighted by Crippen LogP contribution is -2.37. The summed E-state index contributed by atoms with van der Waals surface area (Å²) in [6, 6.07) is 16.6. The van der Waals surface area contributed by atoms with E-state index in [9.17, 15) is 21.6 Å². The molecule has 8 nitrogen and oxygen atoms in total. The number of carbonyl (C=O) groups excluding carboxylic acids is 1. The van der Waals surface area contributed by atoms with Gasteiger partial charge in [0.05, 0.1) is 21.9 Å². The summed E-state index contributed by atoms with van der Waals surface area (Å²) in [5, 5.41) is 2.94. The van der Waals surface area contributed by atoms with Crippen molar-refractivity contribution in [3.05, 3.63) is 82.3 Å². The average Bonchev–Trinajstić information content (AvgIpc) is 2.74. The molecule has 0 unspecified atom stereocenters. The van der Waals surface area contributed by atoms with Crippen molar-refractivity contribution in [1.82, 2.24) is 0 Å². The zero-order valence-corrected chi connectivity index (χ0v) is 21.3. The van der Waals surface area contributed by atoms with Crippen LogP contribution in [0.25, 0.3) is 0 Å². The Labute approximate surface area is 208 Å². The van der Waals surface area contributed by atoms with Gasteiger partial charge in [-0.25, -0.2) is 16.8 Å². The second-order valence-electron chi connectivity index (χ2n) is 7.41. The van der Waals surface area contributed by atoms with Crippen LogP contribution in [-0.2, 0) is 24.8 Å². The van der Waals surface area contributed by atoms with Gasteiger partial charge in [-0.05, 0) is 61.5 Å². The molecule has 0 fully saturated rings. The lowest BCUT2D eigenvalue weighted by atomic mass is 10.2. The molecule has 0 heterocycles. The summed E-state index contributed by atoms with van der Waals surface area (Å²) in [6.45, 7) is 1.35. The molecule has 0 bridgehead atoms. The quantitative estimate of drug-likeness (QED) is 0.435. The number of anilines is 3. The Balaban J connectivity index is 1.72. The number of hydrogen-bond donors (Lipinski definition) is 2.